The van der Waals surface area contributed by atoms with E-state index in [4.69, 9.17) is 16.3 Å². The lowest BCUT2D eigenvalue weighted by Crippen LogP contribution is -2.44. The van der Waals surface area contributed by atoms with E-state index in [1.54, 1.807) is 0 Å². The Balaban J connectivity index is 2.12. The van der Waals surface area contributed by atoms with Crippen LogP contribution in [-0.4, -0.2) is 19.2 Å². The van der Waals surface area contributed by atoms with Crippen molar-refractivity contribution >= 4 is 11.6 Å². The van der Waals surface area contributed by atoms with Gasteiger partial charge in [-0.1, -0.05) is 25.4 Å². The zero-order valence-electron chi connectivity index (χ0n) is 11.6. The Morgan fingerprint density at radius 1 is 1.39 bits per heavy atom. The number of benzene rings is 1. The highest BCUT2D eigenvalue weighted by Gasteiger charge is 2.42. The van der Waals surface area contributed by atoms with Crippen molar-refractivity contribution in [3.8, 4) is 5.75 Å². The number of ether oxygens (including phenoxy) is 1. The number of rotatable bonds is 3. The molecule has 1 aliphatic carbocycles. The van der Waals surface area contributed by atoms with E-state index < -0.39 is 0 Å². The van der Waals surface area contributed by atoms with Crippen LogP contribution in [0.15, 0.2) is 18.2 Å². The average molecular weight is 268 g/mol. The summed E-state index contributed by atoms with van der Waals surface area (Å²) in [5, 5.41) is 4.19. The highest BCUT2D eigenvalue weighted by Crippen LogP contribution is 2.39. The highest BCUT2D eigenvalue weighted by molar-refractivity contribution is 6.31. The molecule has 18 heavy (non-hydrogen) atoms. The first-order valence-corrected chi connectivity index (χ1v) is 6.92. The lowest BCUT2D eigenvalue weighted by molar-refractivity contribution is 0.146. The van der Waals surface area contributed by atoms with Crippen molar-refractivity contribution in [1.29, 1.82) is 0 Å². The fourth-order valence-corrected chi connectivity index (χ4v) is 3.03. The molecule has 3 heteroatoms. The van der Waals surface area contributed by atoms with E-state index in [2.05, 4.69) is 19.2 Å². The Morgan fingerprint density at radius 3 is 2.72 bits per heavy atom. The molecule has 0 saturated heterocycles. The van der Waals surface area contributed by atoms with Crippen LogP contribution in [-0.2, 0) is 0 Å². The van der Waals surface area contributed by atoms with Crippen molar-refractivity contribution in [1.82, 2.24) is 5.32 Å². The molecule has 0 amide bonds. The molecule has 1 aromatic carbocycles. The summed E-state index contributed by atoms with van der Waals surface area (Å²) in [5.41, 5.74) is 1.35. The number of aryl methyl sites for hydroxylation is 1. The van der Waals surface area contributed by atoms with Crippen LogP contribution in [0.25, 0.3) is 0 Å². The van der Waals surface area contributed by atoms with Gasteiger partial charge < -0.3 is 10.1 Å². The van der Waals surface area contributed by atoms with E-state index in [0.717, 1.165) is 22.8 Å². The number of hydrogen-bond acceptors (Lipinski definition) is 2. The van der Waals surface area contributed by atoms with Gasteiger partial charge in [-0.3, -0.25) is 0 Å². The first-order valence-electron chi connectivity index (χ1n) is 6.54. The van der Waals surface area contributed by atoms with Gasteiger partial charge in [0.15, 0.2) is 0 Å². The minimum absolute atomic E-state index is 0.241. The molecule has 1 N–H and O–H groups in total. The summed E-state index contributed by atoms with van der Waals surface area (Å²) >= 11 is 6.03. The summed E-state index contributed by atoms with van der Waals surface area (Å²) < 4.78 is 6.13. The topological polar surface area (TPSA) is 21.3 Å². The van der Waals surface area contributed by atoms with Crippen LogP contribution in [0.2, 0.25) is 5.02 Å². The number of halogens is 1. The summed E-state index contributed by atoms with van der Waals surface area (Å²) in [5.74, 6) is 0.917. The molecule has 2 rings (SSSR count). The largest absolute Gasteiger partial charge is 0.489 e. The molecule has 0 bridgehead atoms. The SMILES string of the molecule is CNC1C(Oc2ccc(Cl)c(C)c2)CCC1(C)C. The van der Waals surface area contributed by atoms with Crippen molar-refractivity contribution in [2.75, 3.05) is 7.05 Å². The summed E-state index contributed by atoms with van der Waals surface area (Å²) in [6.45, 7) is 6.60. The maximum Gasteiger partial charge on any atom is 0.120 e. The number of likely N-dealkylation sites (N-methyl/N-ethyl adjacent to an activating group) is 1. The zero-order valence-corrected chi connectivity index (χ0v) is 12.3. The highest BCUT2D eigenvalue weighted by atomic mass is 35.5. The normalized spacial score (nSPS) is 26.3. The summed E-state index contributed by atoms with van der Waals surface area (Å²) in [6.07, 6.45) is 2.53. The van der Waals surface area contributed by atoms with Crippen molar-refractivity contribution < 1.29 is 4.74 Å². The van der Waals surface area contributed by atoms with Crippen LogP contribution in [0.5, 0.6) is 5.75 Å². The third-order valence-corrected chi connectivity index (χ3v) is 4.44. The van der Waals surface area contributed by atoms with Gasteiger partial charge in [0.1, 0.15) is 11.9 Å². The van der Waals surface area contributed by atoms with Gasteiger partial charge >= 0.3 is 0 Å². The Labute approximate surface area is 115 Å². The molecular formula is C15H22ClNO. The summed E-state index contributed by atoms with van der Waals surface area (Å²) in [6, 6.07) is 6.27. The van der Waals surface area contributed by atoms with Gasteiger partial charge in [-0.25, -0.2) is 0 Å². The Kier molecular flexibility index (Phi) is 3.88. The van der Waals surface area contributed by atoms with Gasteiger partial charge in [-0.15, -0.1) is 0 Å². The van der Waals surface area contributed by atoms with E-state index in [1.165, 1.54) is 6.42 Å². The maximum absolute atomic E-state index is 6.13. The lowest BCUT2D eigenvalue weighted by atomic mass is 9.87. The standard InChI is InChI=1S/C15H22ClNO/c1-10-9-11(5-6-12(10)16)18-13-7-8-15(2,3)14(13)17-4/h5-6,9,13-14,17H,7-8H2,1-4H3. The minimum Gasteiger partial charge on any atom is -0.489 e. The van der Waals surface area contributed by atoms with Gasteiger partial charge in [0.05, 0.1) is 0 Å². The molecule has 2 unspecified atom stereocenters. The molecule has 0 aliphatic heterocycles. The molecule has 1 saturated carbocycles. The van der Waals surface area contributed by atoms with Crippen LogP contribution >= 0.6 is 11.6 Å². The molecule has 0 heterocycles. The Morgan fingerprint density at radius 2 is 2.11 bits per heavy atom. The van der Waals surface area contributed by atoms with Gasteiger partial charge in [0.25, 0.3) is 0 Å². The van der Waals surface area contributed by atoms with Crippen molar-refractivity contribution in [3.63, 3.8) is 0 Å². The maximum atomic E-state index is 6.13. The van der Waals surface area contributed by atoms with E-state index in [-0.39, 0.29) is 6.10 Å². The minimum atomic E-state index is 0.241. The second-order valence-electron chi connectivity index (χ2n) is 5.86. The van der Waals surface area contributed by atoms with Crippen LogP contribution in [0.3, 0.4) is 0 Å². The van der Waals surface area contributed by atoms with Gasteiger partial charge in [0.2, 0.25) is 0 Å². The van der Waals surface area contributed by atoms with E-state index >= 15 is 0 Å². The van der Waals surface area contributed by atoms with Crippen molar-refractivity contribution in [2.24, 2.45) is 5.41 Å². The number of nitrogens with one attached hydrogen (secondary N) is 1. The Hall–Kier alpha value is -0.730. The van der Waals surface area contributed by atoms with E-state index in [0.29, 0.717) is 11.5 Å². The molecule has 1 aromatic rings. The van der Waals surface area contributed by atoms with Crippen LogP contribution in [0.1, 0.15) is 32.3 Å². The third-order valence-electron chi connectivity index (χ3n) is 4.01. The molecule has 2 atom stereocenters. The first kappa shape index (κ1) is 13.7. The van der Waals surface area contributed by atoms with Crippen LogP contribution < -0.4 is 10.1 Å². The smallest absolute Gasteiger partial charge is 0.120 e. The van der Waals surface area contributed by atoms with Gasteiger partial charge in [0, 0.05) is 11.1 Å². The molecule has 0 spiro atoms. The van der Waals surface area contributed by atoms with Crippen LogP contribution in [0.4, 0.5) is 0 Å². The molecule has 1 aliphatic rings. The molecule has 2 nitrogen and oxygen atoms in total. The summed E-state index contributed by atoms with van der Waals surface area (Å²) in [4.78, 5) is 0. The van der Waals surface area contributed by atoms with E-state index in [1.807, 2.05) is 32.2 Å². The first-order chi connectivity index (χ1) is 8.44. The van der Waals surface area contributed by atoms with Gasteiger partial charge in [-0.2, -0.15) is 0 Å². The summed E-state index contributed by atoms with van der Waals surface area (Å²) in [7, 11) is 2.02. The number of hydrogen-bond donors (Lipinski definition) is 1. The fraction of sp³-hybridized carbons (Fsp3) is 0.600. The fourth-order valence-electron chi connectivity index (χ4n) is 2.91. The predicted octanol–water partition coefficient (Wildman–Crippen LogP) is 3.80. The van der Waals surface area contributed by atoms with Gasteiger partial charge in [-0.05, 0) is 56.0 Å². The molecule has 1 fully saturated rings. The Bertz CT molecular complexity index is 431. The second kappa shape index (κ2) is 5.10. The monoisotopic (exact) mass is 267 g/mol. The van der Waals surface area contributed by atoms with Crippen LogP contribution in [0, 0.1) is 12.3 Å². The third kappa shape index (κ3) is 2.65. The molecule has 100 valence electrons. The molecule has 0 aromatic heterocycles. The van der Waals surface area contributed by atoms with Crippen molar-refractivity contribution in [2.45, 2.75) is 45.8 Å². The van der Waals surface area contributed by atoms with E-state index in [9.17, 15) is 0 Å². The average Bonchev–Trinajstić information content (AvgIpc) is 2.59. The predicted molar refractivity (Wildman–Crippen MR) is 76.5 cm³/mol. The second-order valence-corrected chi connectivity index (χ2v) is 6.27. The zero-order chi connectivity index (χ0) is 13.3. The van der Waals surface area contributed by atoms with Crippen molar-refractivity contribution in [3.05, 3.63) is 28.8 Å². The molecular weight excluding hydrogens is 246 g/mol. The quantitative estimate of drug-likeness (QED) is 0.899. The molecule has 0 radical (unpaired) electrons. The lowest BCUT2D eigenvalue weighted by Gasteiger charge is -2.30.